The van der Waals surface area contributed by atoms with Gasteiger partial charge in [0.1, 0.15) is 5.82 Å². The lowest BCUT2D eigenvalue weighted by molar-refractivity contribution is -0.134. The molecule has 0 unspecified atom stereocenters. The van der Waals surface area contributed by atoms with Crippen LogP contribution in [0.15, 0.2) is 24.3 Å². The summed E-state index contributed by atoms with van der Waals surface area (Å²) in [5, 5.41) is 5.45. The Bertz CT molecular complexity index is 631. The maximum atomic E-state index is 12.8. The molecule has 0 aromatic heterocycles. The Balaban J connectivity index is 1.71. The van der Waals surface area contributed by atoms with Crippen LogP contribution in [0.4, 0.5) is 10.1 Å². The first-order chi connectivity index (χ1) is 11.8. The average Bonchev–Trinajstić information content (AvgIpc) is 3.32. The number of likely N-dealkylation sites (N-methyl/N-ethyl adjacent to an activating group) is 2. The van der Waals surface area contributed by atoms with Crippen molar-refractivity contribution in [3.8, 4) is 0 Å². The minimum atomic E-state index is -0.390. The summed E-state index contributed by atoms with van der Waals surface area (Å²) < 4.78 is 12.8. The minimum absolute atomic E-state index is 0.0401. The first kappa shape index (κ1) is 18.9. The number of nitrogens with zero attached hydrogens (tertiary/aromatic N) is 2. The van der Waals surface area contributed by atoms with E-state index in [-0.39, 0.29) is 49.2 Å². The molecule has 1 aliphatic rings. The molecule has 1 aliphatic carbocycles. The zero-order valence-electron chi connectivity index (χ0n) is 14.4. The first-order valence-corrected chi connectivity index (χ1v) is 8.11. The van der Waals surface area contributed by atoms with Gasteiger partial charge in [-0.3, -0.25) is 19.3 Å². The van der Waals surface area contributed by atoms with Gasteiger partial charge in [-0.05, 0) is 44.2 Å². The van der Waals surface area contributed by atoms with Crippen LogP contribution >= 0.6 is 0 Å². The zero-order chi connectivity index (χ0) is 18.4. The highest BCUT2D eigenvalue weighted by molar-refractivity contribution is 5.94. The molecule has 1 fully saturated rings. The van der Waals surface area contributed by atoms with Gasteiger partial charge in [0.05, 0.1) is 19.6 Å². The van der Waals surface area contributed by atoms with Gasteiger partial charge < -0.3 is 15.5 Å². The zero-order valence-corrected chi connectivity index (χ0v) is 14.4. The number of carbonyl (C=O) groups is 3. The fraction of sp³-hybridized carbons (Fsp3) is 0.471. The lowest BCUT2D eigenvalue weighted by atomic mass is 10.3. The summed E-state index contributed by atoms with van der Waals surface area (Å²) >= 11 is 0. The lowest BCUT2D eigenvalue weighted by Gasteiger charge is -2.21. The van der Waals surface area contributed by atoms with Gasteiger partial charge in [0.25, 0.3) is 0 Å². The quantitative estimate of drug-likeness (QED) is 0.713. The highest BCUT2D eigenvalue weighted by Gasteiger charge is 2.24. The molecule has 8 heteroatoms. The monoisotopic (exact) mass is 350 g/mol. The van der Waals surface area contributed by atoms with Crippen LogP contribution in [-0.2, 0) is 14.4 Å². The second kappa shape index (κ2) is 8.57. The topological polar surface area (TPSA) is 81.8 Å². The molecule has 1 aromatic carbocycles. The van der Waals surface area contributed by atoms with Crippen LogP contribution in [0.25, 0.3) is 0 Å². The van der Waals surface area contributed by atoms with Gasteiger partial charge in [-0.1, -0.05) is 0 Å². The van der Waals surface area contributed by atoms with Crippen molar-refractivity contribution in [2.75, 3.05) is 39.0 Å². The largest absolute Gasteiger partial charge is 0.352 e. The summed E-state index contributed by atoms with van der Waals surface area (Å²) in [5.41, 5.74) is 0.459. The second-order valence-electron chi connectivity index (χ2n) is 6.32. The molecule has 0 saturated heterocycles. The highest BCUT2D eigenvalue weighted by Crippen LogP contribution is 2.18. The number of nitrogens with one attached hydrogen (secondary N) is 2. The number of carbonyl (C=O) groups excluding carboxylic acids is 3. The minimum Gasteiger partial charge on any atom is -0.352 e. The van der Waals surface area contributed by atoms with Crippen molar-refractivity contribution in [2.24, 2.45) is 0 Å². The molecular weight excluding hydrogens is 327 g/mol. The molecule has 0 radical (unpaired) electrons. The molecule has 136 valence electrons. The third-order valence-corrected chi connectivity index (χ3v) is 3.70. The molecule has 7 nitrogen and oxygen atoms in total. The molecule has 1 aromatic rings. The molecule has 3 amide bonds. The summed E-state index contributed by atoms with van der Waals surface area (Å²) in [5.74, 6) is -1.14. The van der Waals surface area contributed by atoms with Crippen LogP contribution in [0, 0.1) is 5.82 Å². The van der Waals surface area contributed by atoms with E-state index in [9.17, 15) is 18.8 Å². The van der Waals surface area contributed by atoms with Crippen molar-refractivity contribution < 1.29 is 18.8 Å². The van der Waals surface area contributed by atoms with Gasteiger partial charge in [0.2, 0.25) is 17.7 Å². The van der Waals surface area contributed by atoms with Crippen LogP contribution in [0.1, 0.15) is 12.8 Å². The molecule has 0 spiro atoms. The number of anilines is 1. The Kier molecular flexibility index (Phi) is 6.46. The van der Waals surface area contributed by atoms with E-state index in [1.807, 2.05) is 0 Å². The summed E-state index contributed by atoms with van der Waals surface area (Å²) in [6, 6.07) is 5.66. The Morgan fingerprint density at radius 3 is 2.28 bits per heavy atom. The summed E-state index contributed by atoms with van der Waals surface area (Å²) in [7, 11) is 3.20. The predicted molar refractivity (Wildman–Crippen MR) is 91.3 cm³/mol. The number of hydrogen-bond acceptors (Lipinski definition) is 4. The van der Waals surface area contributed by atoms with Gasteiger partial charge in [-0.2, -0.15) is 0 Å². The average molecular weight is 350 g/mol. The van der Waals surface area contributed by atoms with E-state index >= 15 is 0 Å². The van der Waals surface area contributed by atoms with Crippen LogP contribution in [0.3, 0.4) is 0 Å². The van der Waals surface area contributed by atoms with Crippen molar-refractivity contribution >= 4 is 23.4 Å². The summed E-state index contributed by atoms with van der Waals surface area (Å²) in [6.45, 7) is 0.0502. The van der Waals surface area contributed by atoms with Gasteiger partial charge in [-0.25, -0.2) is 4.39 Å². The standard InChI is InChI=1S/C17H23FN4O3/c1-21(9-15(23)19-14-7-8-14)11-17(25)22(2)10-16(24)20-13-5-3-12(18)4-6-13/h3-6,14H,7-11H2,1-2H3,(H,19,23)(H,20,24). The molecular formula is C17H23FN4O3. The van der Waals surface area contributed by atoms with E-state index < -0.39 is 0 Å². The summed E-state index contributed by atoms with van der Waals surface area (Å²) in [4.78, 5) is 38.6. The van der Waals surface area contributed by atoms with E-state index in [0.29, 0.717) is 5.69 Å². The van der Waals surface area contributed by atoms with Crippen molar-refractivity contribution in [3.63, 3.8) is 0 Å². The van der Waals surface area contributed by atoms with Crippen LogP contribution in [0.2, 0.25) is 0 Å². The number of hydrogen-bond donors (Lipinski definition) is 2. The number of benzene rings is 1. The lowest BCUT2D eigenvalue weighted by Crippen LogP contribution is -2.43. The van der Waals surface area contributed by atoms with Crippen LogP contribution < -0.4 is 10.6 Å². The molecule has 0 bridgehead atoms. The second-order valence-corrected chi connectivity index (χ2v) is 6.32. The maximum Gasteiger partial charge on any atom is 0.243 e. The van der Waals surface area contributed by atoms with Crippen molar-refractivity contribution in [2.45, 2.75) is 18.9 Å². The maximum absolute atomic E-state index is 12.8. The van der Waals surface area contributed by atoms with Crippen LogP contribution in [0.5, 0.6) is 0 Å². The van der Waals surface area contributed by atoms with E-state index in [1.54, 1.807) is 11.9 Å². The third kappa shape index (κ3) is 6.88. The fourth-order valence-corrected chi connectivity index (χ4v) is 2.19. The smallest absolute Gasteiger partial charge is 0.243 e. The van der Waals surface area contributed by atoms with Crippen molar-refractivity contribution in [1.29, 1.82) is 0 Å². The van der Waals surface area contributed by atoms with Crippen molar-refractivity contribution in [3.05, 3.63) is 30.1 Å². The number of halogens is 1. The Labute approximate surface area is 146 Å². The first-order valence-electron chi connectivity index (χ1n) is 8.11. The number of rotatable bonds is 8. The fourth-order valence-electron chi connectivity index (χ4n) is 2.19. The SMILES string of the molecule is CN(CC(=O)NC1CC1)CC(=O)N(C)CC(=O)Nc1ccc(F)cc1. The summed E-state index contributed by atoms with van der Waals surface area (Å²) in [6.07, 6.45) is 2.03. The molecule has 2 rings (SSSR count). The van der Waals surface area contributed by atoms with Gasteiger partial charge in [0, 0.05) is 18.8 Å². The van der Waals surface area contributed by atoms with Gasteiger partial charge in [-0.15, -0.1) is 0 Å². The van der Waals surface area contributed by atoms with Crippen molar-refractivity contribution in [1.82, 2.24) is 15.1 Å². The predicted octanol–water partition coefficient (Wildman–Crippen LogP) is 0.433. The molecule has 0 heterocycles. The molecule has 0 atom stereocenters. The number of amides is 3. The van der Waals surface area contributed by atoms with E-state index in [0.717, 1.165) is 12.8 Å². The van der Waals surface area contributed by atoms with E-state index in [4.69, 9.17) is 0 Å². The molecule has 2 N–H and O–H groups in total. The normalized spacial score (nSPS) is 13.4. The highest BCUT2D eigenvalue weighted by atomic mass is 19.1. The van der Waals surface area contributed by atoms with E-state index in [2.05, 4.69) is 10.6 Å². The van der Waals surface area contributed by atoms with Crippen LogP contribution in [-0.4, -0.2) is 67.3 Å². The molecule has 1 saturated carbocycles. The van der Waals surface area contributed by atoms with Gasteiger partial charge >= 0.3 is 0 Å². The van der Waals surface area contributed by atoms with Gasteiger partial charge in [0.15, 0.2) is 0 Å². The Hall–Kier alpha value is -2.48. The molecule has 25 heavy (non-hydrogen) atoms. The third-order valence-electron chi connectivity index (χ3n) is 3.70. The molecule has 0 aliphatic heterocycles. The Morgan fingerprint density at radius 1 is 1.04 bits per heavy atom. The Morgan fingerprint density at radius 2 is 1.68 bits per heavy atom. The van der Waals surface area contributed by atoms with E-state index in [1.165, 1.54) is 36.2 Å².